The zero-order valence-corrected chi connectivity index (χ0v) is 12.6. The quantitative estimate of drug-likeness (QED) is 0.775. The van der Waals surface area contributed by atoms with Crippen molar-refractivity contribution in [3.63, 3.8) is 0 Å². The average Bonchev–Trinajstić information content (AvgIpc) is 3.03. The number of hydrogen-bond donors (Lipinski definition) is 0. The Morgan fingerprint density at radius 3 is 2.55 bits per heavy atom. The van der Waals surface area contributed by atoms with Gasteiger partial charge in [0.05, 0.1) is 10.00 Å². The molecular weight excluding hydrogens is 262 g/mol. The van der Waals surface area contributed by atoms with Crippen LogP contribution in [0.25, 0.3) is 0 Å². The van der Waals surface area contributed by atoms with Gasteiger partial charge in [0, 0.05) is 6.54 Å². The molecule has 0 amide bonds. The van der Waals surface area contributed by atoms with E-state index in [1.807, 2.05) is 0 Å². The number of nitrogens with zero attached hydrogens (tertiary/aromatic N) is 1. The molecule has 2 atom stereocenters. The van der Waals surface area contributed by atoms with Crippen LogP contribution in [0.5, 0.6) is 0 Å². The van der Waals surface area contributed by atoms with E-state index in [2.05, 4.69) is 78.3 Å². The highest BCUT2D eigenvalue weighted by Gasteiger charge is 2.47. The molecule has 20 heavy (non-hydrogen) atoms. The minimum Gasteiger partial charge on any atom is -0.305 e. The van der Waals surface area contributed by atoms with Crippen molar-refractivity contribution in [3.05, 3.63) is 71.3 Å². The summed E-state index contributed by atoms with van der Waals surface area (Å²) >= 11 is 2.16. The first-order valence-electron chi connectivity index (χ1n) is 7.29. The number of hydrogen-bond acceptors (Lipinski definition) is 2. The molecule has 4 rings (SSSR count). The lowest BCUT2D eigenvalue weighted by Crippen LogP contribution is -2.23. The molecule has 0 saturated carbocycles. The summed E-state index contributed by atoms with van der Waals surface area (Å²) in [5.74, 6) is 0. The topological polar surface area (TPSA) is 3.24 Å². The standard InChI is InChI=1S/C18H19NS/c1-19-12-11-18(13-19)16-10-6-5-9-15(16)17(20-18)14-7-3-2-4-8-14/h2-10,17H,11-13H2,1H3. The van der Waals surface area contributed by atoms with Gasteiger partial charge in [-0.15, -0.1) is 11.8 Å². The third-order valence-electron chi connectivity index (χ3n) is 4.60. The Bertz CT molecular complexity index is 624. The summed E-state index contributed by atoms with van der Waals surface area (Å²) in [5, 5.41) is 0.499. The van der Waals surface area contributed by atoms with E-state index in [9.17, 15) is 0 Å². The van der Waals surface area contributed by atoms with E-state index < -0.39 is 0 Å². The summed E-state index contributed by atoms with van der Waals surface area (Å²) in [4.78, 5) is 2.47. The molecule has 2 aromatic carbocycles. The first kappa shape index (κ1) is 12.5. The SMILES string of the molecule is CN1CCC2(C1)SC(c1ccccc1)c1ccccc12. The monoisotopic (exact) mass is 281 g/mol. The second-order valence-corrected chi connectivity index (χ2v) is 7.47. The number of rotatable bonds is 1. The largest absolute Gasteiger partial charge is 0.305 e. The number of likely N-dealkylation sites (N-methyl/N-ethyl adjacent to an activating group) is 1. The molecule has 1 nitrogen and oxygen atoms in total. The van der Waals surface area contributed by atoms with Crippen molar-refractivity contribution in [2.75, 3.05) is 20.1 Å². The van der Waals surface area contributed by atoms with Crippen LogP contribution in [0.2, 0.25) is 0 Å². The fourth-order valence-corrected chi connectivity index (χ4v) is 5.54. The zero-order valence-electron chi connectivity index (χ0n) is 11.8. The molecule has 1 fully saturated rings. The zero-order chi connectivity index (χ0) is 13.6. The van der Waals surface area contributed by atoms with Gasteiger partial charge in [0.15, 0.2) is 0 Å². The van der Waals surface area contributed by atoms with Gasteiger partial charge in [-0.25, -0.2) is 0 Å². The van der Waals surface area contributed by atoms with Gasteiger partial charge in [0.2, 0.25) is 0 Å². The molecule has 102 valence electrons. The summed E-state index contributed by atoms with van der Waals surface area (Å²) in [5.41, 5.74) is 4.54. The molecule has 2 aromatic rings. The Kier molecular flexibility index (Phi) is 2.90. The van der Waals surface area contributed by atoms with E-state index in [0.29, 0.717) is 10.00 Å². The summed E-state index contributed by atoms with van der Waals surface area (Å²) in [7, 11) is 2.24. The Labute approximate surface area is 125 Å². The predicted octanol–water partition coefficient (Wildman–Crippen LogP) is 4.05. The Morgan fingerprint density at radius 2 is 1.80 bits per heavy atom. The normalized spacial score (nSPS) is 28.9. The maximum absolute atomic E-state index is 2.47. The van der Waals surface area contributed by atoms with Gasteiger partial charge in [-0.2, -0.15) is 0 Å². The minimum atomic E-state index is 0.311. The van der Waals surface area contributed by atoms with Gasteiger partial charge in [0.25, 0.3) is 0 Å². The van der Waals surface area contributed by atoms with Crippen LogP contribution < -0.4 is 0 Å². The lowest BCUT2D eigenvalue weighted by atomic mass is 9.90. The smallest absolute Gasteiger partial charge is 0.0559 e. The maximum Gasteiger partial charge on any atom is 0.0559 e. The van der Waals surface area contributed by atoms with Gasteiger partial charge in [-0.3, -0.25) is 0 Å². The van der Waals surface area contributed by atoms with Crippen molar-refractivity contribution in [1.29, 1.82) is 0 Å². The van der Waals surface area contributed by atoms with Gasteiger partial charge >= 0.3 is 0 Å². The van der Waals surface area contributed by atoms with Crippen LogP contribution in [0.1, 0.15) is 28.4 Å². The van der Waals surface area contributed by atoms with E-state index in [1.54, 1.807) is 5.56 Å². The van der Waals surface area contributed by atoms with Crippen molar-refractivity contribution in [2.45, 2.75) is 16.4 Å². The second kappa shape index (κ2) is 4.64. The maximum atomic E-state index is 2.47. The number of benzene rings is 2. The molecule has 2 unspecified atom stereocenters. The molecule has 0 radical (unpaired) electrons. The predicted molar refractivity (Wildman–Crippen MR) is 86.1 cm³/mol. The van der Waals surface area contributed by atoms with Crippen molar-refractivity contribution in [2.24, 2.45) is 0 Å². The van der Waals surface area contributed by atoms with Crippen molar-refractivity contribution in [3.8, 4) is 0 Å². The highest BCUT2D eigenvalue weighted by Crippen LogP contribution is 2.60. The molecule has 2 aliphatic rings. The Balaban J connectivity index is 1.82. The summed E-state index contributed by atoms with van der Waals surface area (Å²) in [6.07, 6.45) is 1.27. The van der Waals surface area contributed by atoms with Crippen molar-refractivity contribution in [1.82, 2.24) is 4.90 Å². The van der Waals surface area contributed by atoms with Gasteiger partial charge in [-0.1, -0.05) is 54.6 Å². The third kappa shape index (κ3) is 1.82. The molecule has 0 N–H and O–H groups in total. The molecule has 2 heteroatoms. The van der Waals surface area contributed by atoms with Crippen LogP contribution in [0, 0.1) is 0 Å². The first-order chi connectivity index (χ1) is 9.78. The van der Waals surface area contributed by atoms with E-state index in [1.165, 1.54) is 30.6 Å². The van der Waals surface area contributed by atoms with Crippen LogP contribution in [-0.4, -0.2) is 25.0 Å². The molecule has 0 aromatic heterocycles. The molecule has 2 heterocycles. The van der Waals surface area contributed by atoms with Gasteiger partial charge in [0.1, 0.15) is 0 Å². The summed E-state index contributed by atoms with van der Waals surface area (Å²) in [6.45, 7) is 2.39. The Morgan fingerprint density at radius 1 is 1.05 bits per heavy atom. The van der Waals surface area contributed by atoms with Crippen LogP contribution in [0.4, 0.5) is 0 Å². The second-order valence-electron chi connectivity index (χ2n) is 5.98. The molecule has 0 bridgehead atoms. The minimum absolute atomic E-state index is 0.311. The van der Waals surface area contributed by atoms with Crippen LogP contribution in [-0.2, 0) is 4.75 Å². The highest BCUT2D eigenvalue weighted by molar-refractivity contribution is 8.01. The van der Waals surface area contributed by atoms with Gasteiger partial charge in [-0.05, 0) is 36.7 Å². The number of thioether (sulfide) groups is 1. The highest BCUT2D eigenvalue weighted by atomic mass is 32.2. The summed E-state index contributed by atoms with van der Waals surface area (Å²) < 4.78 is 0.311. The van der Waals surface area contributed by atoms with Crippen LogP contribution >= 0.6 is 11.8 Å². The lowest BCUT2D eigenvalue weighted by molar-refractivity contribution is 0.406. The van der Waals surface area contributed by atoms with Gasteiger partial charge < -0.3 is 4.90 Å². The lowest BCUT2D eigenvalue weighted by Gasteiger charge is -2.24. The fourth-order valence-electron chi connectivity index (χ4n) is 3.65. The van der Waals surface area contributed by atoms with E-state index in [4.69, 9.17) is 0 Å². The van der Waals surface area contributed by atoms with Crippen LogP contribution in [0.3, 0.4) is 0 Å². The number of fused-ring (bicyclic) bond motifs is 2. The van der Waals surface area contributed by atoms with E-state index in [-0.39, 0.29) is 0 Å². The molecule has 1 saturated heterocycles. The average molecular weight is 281 g/mol. The molecule has 1 spiro atoms. The summed E-state index contributed by atoms with van der Waals surface area (Å²) in [6, 6.07) is 20.0. The molecular formula is C18H19NS. The van der Waals surface area contributed by atoms with E-state index in [0.717, 1.165) is 0 Å². The first-order valence-corrected chi connectivity index (χ1v) is 8.17. The molecule has 2 aliphatic heterocycles. The number of likely N-dealkylation sites (tertiary alicyclic amines) is 1. The van der Waals surface area contributed by atoms with Crippen molar-refractivity contribution >= 4 is 11.8 Å². The fraction of sp³-hybridized carbons (Fsp3) is 0.333. The van der Waals surface area contributed by atoms with E-state index >= 15 is 0 Å². The Hall–Kier alpha value is -1.25. The van der Waals surface area contributed by atoms with Crippen LogP contribution in [0.15, 0.2) is 54.6 Å². The molecule has 0 aliphatic carbocycles. The van der Waals surface area contributed by atoms with Crippen molar-refractivity contribution < 1.29 is 0 Å². The third-order valence-corrected chi connectivity index (χ3v) is 6.37.